The third-order valence-corrected chi connectivity index (χ3v) is 3.20. The van der Waals surface area contributed by atoms with Crippen LogP contribution >= 0.6 is 0 Å². The van der Waals surface area contributed by atoms with Crippen molar-refractivity contribution in [2.24, 2.45) is 0 Å². The number of ether oxygens (including phenoxy) is 1. The predicted molar refractivity (Wildman–Crippen MR) is 64.5 cm³/mol. The third kappa shape index (κ3) is 1.62. The molecule has 1 fully saturated rings. The second-order valence-corrected chi connectivity index (χ2v) is 4.39. The van der Waals surface area contributed by atoms with Crippen LogP contribution in [0.4, 0.5) is 0 Å². The van der Waals surface area contributed by atoms with Crippen LogP contribution in [-0.4, -0.2) is 24.2 Å². The third-order valence-electron chi connectivity index (χ3n) is 3.20. The first-order valence-electron chi connectivity index (χ1n) is 5.75. The van der Waals surface area contributed by atoms with Crippen LogP contribution in [0.5, 0.6) is 0 Å². The summed E-state index contributed by atoms with van der Waals surface area (Å²) in [5.74, 6) is 0. The molecule has 1 aromatic heterocycles. The fraction of sp³-hybridized carbons (Fsp3) is 0.385. The number of rotatable bonds is 1. The molecule has 2 aromatic rings. The van der Waals surface area contributed by atoms with E-state index in [1.807, 2.05) is 0 Å². The van der Waals surface area contributed by atoms with Crippen LogP contribution in [0.25, 0.3) is 10.9 Å². The van der Waals surface area contributed by atoms with Gasteiger partial charge in [0.05, 0.1) is 18.8 Å². The van der Waals surface area contributed by atoms with Gasteiger partial charge in [0.1, 0.15) is 0 Å². The van der Waals surface area contributed by atoms with E-state index in [2.05, 4.69) is 47.7 Å². The number of aromatic nitrogens is 1. The quantitative estimate of drug-likeness (QED) is 0.767. The molecule has 84 valence electrons. The average molecular weight is 216 g/mol. The van der Waals surface area contributed by atoms with E-state index >= 15 is 0 Å². The highest BCUT2D eigenvalue weighted by Gasteiger charge is 2.21. The van der Waals surface area contributed by atoms with Crippen molar-refractivity contribution >= 4 is 10.9 Å². The smallest absolute Gasteiger partial charge is 0.0672 e. The van der Waals surface area contributed by atoms with Crippen LogP contribution in [0.2, 0.25) is 0 Å². The number of aromatic amines is 1. The Labute approximate surface area is 94.8 Å². The number of para-hydroxylation sites is 1. The molecule has 2 unspecified atom stereocenters. The maximum atomic E-state index is 5.69. The van der Waals surface area contributed by atoms with Crippen LogP contribution in [-0.2, 0) is 4.74 Å². The Hall–Kier alpha value is -1.32. The van der Waals surface area contributed by atoms with E-state index in [0.717, 1.165) is 13.2 Å². The normalized spacial score (nSPS) is 26.1. The Balaban J connectivity index is 1.94. The number of morpholine rings is 1. The maximum absolute atomic E-state index is 5.69. The van der Waals surface area contributed by atoms with Gasteiger partial charge in [0.2, 0.25) is 0 Å². The molecule has 16 heavy (non-hydrogen) atoms. The van der Waals surface area contributed by atoms with E-state index in [1.54, 1.807) is 0 Å². The Morgan fingerprint density at radius 2 is 2.19 bits per heavy atom. The van der Waals surface area contributed by atoms with Gasteiger partial charge in [-0.25, -0.2) is 0 Å². The van der Waals surface area contributed by atoms with Crippen molar-refractivity contribution in [3.8, 4) is 0 Å². The lowest BCUT2D eigenvalue weighted by Crippen LogP contribution is -2.39. The van der Waals surface area contributed by atoms with Gasteiger partial charge in [0.25, 0.3) is 0 Å². The zero-order chi connectivity index (χ0) is 11.0. The van der Waals surface area contributed by atoms with Crippen LogP contribution in [0.15, 0.2) is 30.5 Å². The molecule has 0 bridgehead atoms. The van der Waals surface area contributed by atoms with Crippen molar-refractivity contribution < 1.29 is 4.74 Å². The summed E-state index contributed by atoms with van der Waals surface area (Å²) < 4.78 is 5.69. The molecule has 1 aromatic carbocycles. The van der Waals surface area contributed by atoms with Gasteiger partial charge >= 0.3 is 0 Å². The number of hydrogen-bond acceptors (Lipinski definition) is 2. The highest BCUT2D eigenvalue weighted by molar-refractivity contribution is 5.83. The standard InChI is InChI=1S/C13H16N2O/c1-9-6-14-13(8-16-9)11-7-15-12-5-3-2-4-10(11)12/h2-5,7,9,13-15H,6,8H2,1H3. The van der Waals surface area contributed by atoms with Crippen molar-refractivity contribution in [3.63, 3.8) is 0 Å². The Morgan fingerprint density at radius 3 is 3.00 bits per heavy atom. The van der Waals surface area contributed by atoms with Gasteiger partial charge in [-0.05, 0) is 18.6 Å². The van der Waals surface area contributed by atoms with Crippen molar-refractivity contribution in [3.05, 3.63) is 36.0 Å². The summed E-state index contributed by atoms with van der Waals surface area (Å²) >= 11 is 0. The molecule has 0 saturated carbocycles. The predicted octanol–water partition coefficient (Wildman–Crippen LogP) is 2.22. The lowest BCUT2D eigenvalue weighted by atomic mass is 10.1. The number of hydrogen-bond donors (Lipinski definition) is 2. The molecule has 0 amide bonds. The van der Waals surface area contributed by atoms with Crippen LogP contribution in [0.1, 0.15) is 18.5 Å². The summed E-state index contributed by atoms with van der Waals surface area (Å²) in [6.45, 7) is 3.77. The van der Waals surface area contributed by atoms with Gasteiger partial charge in [-0.15, -0.1) is 0 Å². The summed E-state index contributed by atoms with van der Waals surface area (Å²) in [6.07, 6.45) is 2.41. The molecule has 2 N–H and O–H groups in total. The van der Waals surface area contributed by atoms with Crippen molar-refractivity contribution in [2.45, 2.75) is 19.1 Å². The first-order valence-corrected chi connectivity index (χ1v) is 5.75. The molecule has 3 nitrogen and oxygen atoms in total. The van der Waals surface area contributed by atoms with E-state index in [-0.39, 0.29) is 0 Å². The Kier molecular flexibility index (Phi) is 2.42. The Morgan fingerprint density at radius 1 is 1.31 bits per heavy atom. The largest absolute Gasteiger partial charge is 0.375 e. The molecule has 2 atom stereocenters. The summed E-state index contributed by atoms with van der Waals surface area (Å²) in [4.78, 5) is 3.30. The van der Waals surface area contributed by atoms with Crippen LogP contribution < -0.4 is 5.32 Å². The molecular formula is C13H16N2O. The SMILES string of the molecule is CC1CNC(c2c[nH]c3ccccc23)CO1. The monoisotopic (exact) mass is 216 g/mol. The zero-order valence-corrected chi connectivity index (χ0v) is 9.36. The van der Waals surface area contributed by atoms with Crippen LogP contribution in [0.3, 0.4) is 0 Å². The van der Waals surface area contributed by atoms with Gasteiger partial charge in [0.15, 0.2) is 0 Å². The fourth-order valence-electron chi connectivity index (χ4n) is 2.27. The van der Waals surface area contributed by atoms with Crippen molar-refractivity contribution in [2.75, 3.05) is 13.2 Å². The first-order chi connectivity index (χ1) is 7.84. The molecule has 1 aliphatic rings. The molecule has 0 aliphatic carbocycles. The van der Waals surface area contributed by atoms with Crippen LogP contribution in [0, 0.1) is 0 Å². The topological polar surface area (TPSA) is 37.0 Å². The van der Waals surface area contributed by atoms with E-state index in [1.165, 1.54) is 16.5 Å². The van der Waals surface area contributed by atoms with Crippen molar-refractivity contribution in [1.82, 2.24) is 10.3 Å². The molecule has 1 saturated heterocycles. The number of H-pyrrole nitrogens is 1. The minimum atomic E-state index is 0.312. The summed E-state index contributed by atoms with van der Waals surface area (Å²) in [7, 11) is 0. The molecule has 3 rings (SSSR count). The van der Waals surface area contributed by atoms with E-state index in [0.29, 0.717) is 12.1 Å². The fourth-order valence-corrected chi connectivity index (χ4v) is 2.27. The molecule has 2 heterocycles. The summed E-state index contributed by atoms with van der Waals surface area (Å²) in [5.41, 5.74) is 2.50. The second kappa shape index (κ2) is 3.92. The zero-order valence-electron chi connectivity index (χ0n) is 9.36. The summed E-state index contributed by atoms with van der Waals surface area (Å²) in [6, 6.07) is 8.69. The lowest BCUT2D eigenvalue weighted by molar-refractivity contribution is 0.0152. The van der Waals surface area contributed by atoms with Gasteiger partial charge in [0, 0.05) is 23.6 Å². The minimum Gasteiger partial charge on any atom is -0.375 e. The van der Waals surface area contributed by atoms with Gasteiger partial charge in [-0.3, -0.25) is 0 Å². The molecule has 3 heteroatoms. The highest BCUT2D eigenvalue weighted by atomic mass is 16.5. The van der Waals surface area contributed by atoms with E-state index < -0.39 is 0 Å². The highest BCUT2D eigenvalue weighted by Crippen LogP contribution is 2.25. The number of fused-ring (bicyclic) bond motifs is 1. The van der Waals surface area contributed by atoms with Crippen molar-refractivity contribution in [1.29, 1.82) is 0 Å². The maximum Gasteiger partial charge on any atom is 0.0672 e. The van der Waals surface area contributed by atoms with Gasteiger partial charge in [-0.1, -0.05) is 18.2 Å². The molecule has 1 aliphatic heterocycles. The van der Waals surface area contributed by atoms with Gasteiger partial charge in [-0.2, -0.15) is 0 Å². The van der Waals surface area contributed by atoms with E-state index in [9.17, 15) is 0 Å². The molecule has 0 radical (unpaired) electrons. The summed E-state index contributed by atoms with van der Waals surface area (Å²) in [5, 5.41) is 4.81. The minimum absolute atomic E-state index is 0.312. The Bertz CT molecular complexity index is 483. The molecule has 0 spiro atoms. The number of benzene rings is 1. The average Bonchev–Trinajstić information content (AvgIpc) is 2.74. The van der Waals surface area contributed by atoms with E-state index in [4.69, 9.17) is 4.74 Å². The lowest BCUT2D eigenvalue weighted by Gasteiger charge is -2.28. The second-order valence-electron chi connectivity index (χ2n) is 4.39. The molecular weight excluding hydrogens is 200 g/mol. The van der Waals surface area contributed by atoms with Gasteiger partial charge < -0.3 is 15.0 Å². The number of nitrogens with one attached hydrogen (secondary N) is 2. The first kappa shape index (κ1) is 9.87.